The first-order chi connectivity index (χ1) is 6.18. The van der Waals surface area contributed by atoms with E-state index in [4.69, 9.17) is 14.6 Å². The van der Waals surface area contributed by atoms with Crippen molar-refractivity contribution in [3.05, 3.63) is 0 Å². The molecule has 1 spiro atoms. The van der Waals surface area contributed by atoms with Gasteiger partial charge in [-0.25, -0.2) is 0 Å². The van der Waals surface area contributed by atoms with Crippen LogP contribution in [0.1, 0.15) is 39.0 Å². The zero-order valence-corrected chi connectivity index (χ0v) is 8.21. The van der Waals surface area contributed by atoms with Gasteiger partial charge < -0.3 is 14.6 Å². The molecule has 0 unspecified atom stereocenters. The Morgan fingerprint density at radius 3 is 2.46 bits per heavy atom. The second kappa shape index (κ2) is 3.23. The maximum absolute atomic E-state index is 9.13. The van der Waals surface area contributed by atoms with E-state index in [0.717, 1.165) is 12.8 Å². The second-order valence-electron chi connectivity index (χ2n) is 4.47. The van der Waals surface area contributed by atoms with Gasteiger partial charge in [-0.15, -0.1) is 0 Å². The molecule has 1 N–H and O–H groups in total. The van der Waals surface area contributed by atoms with Crippen LogP contribution in [-0.2, 0) is 9.47 Å². The summed E-state index contributed by atoms with van der Waals surface area (Å²) in [4.78, 5) is 0. The van der Waals surface area contributed by atoms with Crippen LogP contribution in [0.5, 0.6) is 0 Å². The molecule has 1 saturated carbocycles. The Morgan fingerprint density at radius 2 is 1.92 bits per heavy atom. The summed E-state index contributed by atoms with van der Waals surface area (Å²) in [5, 5.41) is 9.13. The molecule has 1 aliphatic carbocycles. The first-order valence-corrected chi connectivity index (χ1v) is 5.13. The minimum Gasteiger partial charge on any atom is -0.393 e. The molecular weight excluding hydrogens is 168 g/mol. The lowest BCUT2D eigenvalue weighted by Crippen LogP contribution is -2.38. The van der Waals surface area contributed by atoms with Crippen LogP contribution in [0.4, 0.5) is 0 Å². The smallest absolute Gasteiger partial charge is 0.169 e. The normalized spacial score (nSPS) is 38.3. The van der Waals surface area contributed by atoms with Crippen LogP contribution in [0.2, 0.25) is 0 Å². The van der Waals surface area contributed by atoms with Crippen molar-refractivity contribution < 1.29 is 14.6 Å². The molecule has 2 rings (SSSR count). The number of aliphatic hydroxyl groups excluding tert-OH is 1. The lowest BCUT2D eigenvalue weighted by molar-refractivity contribution is -0.206. The highest BCUT2D eigenvalue weighted by molar-refractivity contribution is 4.88. The van der Waals surface area contributed by atoms with Crippen LogP contribution in [0.3, 0.4) is 0 Å². The van der Waals surface area contributed by atoms with Gasteiger partial charge in [0.1, 0.15) is 5.60 Å². The minimum absolute atomic E-state index is 0.0503. The fourth-order valence-electron chi connectivity index (χ4n) is 2.21. The fourth-order valence-corrected chi connectivity index (χ4v) is 2.21. The molecule has 3 heteroatoms. The average Bonchev–Trinajstić information content (AvgIpc) is 2.47. The standard InChI is InChI=1S/C10H18O3/c1-9(7-11)8-12-10(13-9)5-3-2-4-6-10/h11H,2-8H2,1H3/t9-/m1/s1. The van der Waals surface area contributed by atoms with Gasteiger partial charge in [0.25, 0.3) is 0 Å². The predicted molar refractivity (Wildman–Crippen MR) is 48.3 cm³/mol. The Labute approximate surface area is 79.0 Å². The van der Waals surface area contributed by atoms with Gasteiger partial charge in [0.2, 0.25) is 0 Å². The Balaban J connectivity index is 2.02. The molecule has 0 aromatic carbocycles. The molecule has 0 aromatic heterocycles. The Kier molecular flexibility index (Phi) is 2.34. The first-order valence-electron chi connectivity index (χ1n) is 5.13. The molecule has 0 bridgehead atoms. The second-order valence-corrected chi connectivity index (χ2v) is 4.47. The molecular formula is C10H18O3. The monoisotopic (exact) mass is 186 g/mol. The van der Waals surface area contributed by atoms with Gasteiger partial charge in [0.05, 0.1) is 13.2 Å². The van der Waals surface area contributed by atoms with Gasteiger partial charge in [0.15, 0.2) is 5.79 Å². The molecule has 2 aliphatic rings. The highest BCUT2D eigenvalue weighted by Gasteiger charge is 2.47. The third-order valence-electron chi connectivity index (χ3n) is 3.02. The lowest BCUT2D eigenvalue weighted by atomic mass is 9.94. The summed E-state index contributed by atoms with van der Waals surface area (Å²) in [6.45, 7) is 2.49. The Bertz CT molecular complexity index is 187. The third-order valence-corrected chi connectivity index (χ3v) is 3.02. The van der Waals surface area contributed by atoms with Crippen LogP contribution in [-0.4, -0.2) is 29.7 Å². The van der Waals surface area contributed by atoms with E-state index >= 15 is 0 Å². The van der Waals surface area contributed by atoms with Crippen LogP contribution < -0.4 is 0 Å². The van der Waals surface area contributed by atoms with Crippen LogP contribution in [0, 0.1) is 0 Å². The van der Waals surface area contributed by atoms with Crippen LogP contribution in [0.25, 0.3) is 0 Å². The highest BCUT2D eigenvalue weighted by atomic mass is 16.8. The van der Waals surface area contributed by atoms with Crippen LogP contribution in [0.15, 0.2) is 0 Å². The number of aliphatic hydroxyl groups is 1. The van der Waals surface area contributed by atoms with Crippen molar-refractivity contribution in [1.82, 2.24) is 0 Å². The number of hydrogen-bond donors (Lipinski definition) is 1. The summed E-state index contributed by atoms with van der Waals surface area (Å²) in [6.07, 6.45) is 5.62. The van der Waals surface area contributed by atoms with E-state index in [2.05, 4.69) is 0 Å². The summed E-state index contributed by atoms with van der Waals surface area (Å²) < 4.78 is 11.6. The zero-order valence-electron chi connectivity index (χ0n) is 8.21. The van der Waals surface area contributed by atoms with Crippen LogP contribution >= 0.6 is 0 Å². The molecule has 1 saturated heterocycles. The molecule has 0 radical (unpaired) electrons. The minimum atomic E-state index is -0.461. The molecule has 0 aromatic rings. The molecule has 13 heavy (non-hydrogen) atoms. The third kappa shape index (κ3) is 1.73. The number of hydrogen-bond acceptors (Lipinski definition) is 3. The highest BCUT2D eigenvalue weighted by Crippen LogP contribution is 2.41. The summed E-state index contributed by atoms with van der Waals surface area (Å²) in [5.41, 5.74) is -0.461. The quantitative estimate of drug-likeness (QED) is 0.673. The first kappa shape index (κ1) is 9.44. The van der Waals surface area contributed by atoms with E-state index in [1.165, 1.54) is 19.3 Å². The van der Waals surface area contributed by atoms with E-state index in [1.807, 2.05) is 6.92 Å². The van der Waals surface area contributed by atoms with Crippen molar-refractivity contribution in [3.63, 3.8) is 0 Å². The van der Waals surface area contributed by atoms with E-state index in [9.17, 15) is 0 Å². The molecule has 0 amide bonds. The van der Waals surface area contributed by atoms with Gasteiger partial charge >= 0.3 is 0 Å². The van der Waals surface area contributed by atoms with E-state index in [1.54, 1.807) is 0 Å². The molecule has 1 heterocycles. The van der Waals surface area contributed by atoms with Gasteiger partial charge in [-0.3, -0.25) is 0 Å². The SMILES string of the molecule is C[C@@]1(CO)COC2(CCCCC2)O1. The van der Waals surface area contributed by atoms with Crippen molar-refractivity contribution in [2.24, 2.45) is 0 Å². The largest absolute Gasteiger partial charge is 0.393 e. The van der Waals surface area contributed by atoms with Crippen molar-refractivity contribution in [3.8, 4) is 0 Å². The van der Waals surface area contributed by atoms with Crippen molar-refractivity contribution in [1.29, 1.82) is 0 Å². The van der Waals surface area contributed by atoms with Gasteiger partial charge in [-0.2, -0.15) is 0 Å². The molecule has 1 atom stereocenters. The predicted octanol–water partition coefficient (Wildman–Crippen LogP) is 1.44. The van der Waals surface area contributed by atoms with Gasteiger partial charge in [-0.05, 0) is 19.8 Å². The average molecular weight is 186 g/mol. The topological polar surface area (TPSA) is 38.7 Å². The summed E-state index contributed by atoms with van der Waals surface area (Å²) in [5.74, 6) is -0.351. The fraction of sp³-hybridized carbons (Fsp3) is 1.00. The summed E-state index contributed by atoms with van der Waals surface area (Å²) in [6, 6.07) is 0. The van der Waals surface area contributed by atoms with Gasteiger partial charge in [0, 0.05) is 12.8 Å². The molecule has 2 fully saturated rings. The molecule has 76 valence electrons. The van der Waals surface area contributed by atoms with Crippen molar-refractivity contribution >= 4 is 0 Å². The van der Waals surface area contributed by atoms with Gasteiger partial charge in [-0.1, -0.05) is 6.42 Å². The maximum atomic E-state index is 9.13. The van der Waals surface area contributed by atoms with Crippen molar-refractivity contribution in [2.75, 3.05) is 13.2 Å². The lowest BCUT2D eigenvalue weighted by Gasteiger charge is -2.33. The number of rotatable bonds is 1. The molecule has 1 aliphatic heterocycles. The molecule has 3 nitrogen and oxygen atoms in total. The zero-order chi connectivity index (χ0) is 9.36. The van der Waals surface area contributed by atoms with E-state index in [-0.39, 0.29) is 12.4 Å². The Morgan fingerprint density at radius 1 is 1.23 bits per heavy atom. The summed E-state index contributed by atoms with van der Waals surface area (Å²) >= 11 is 0. The maximum Gasteiger partial charge on any atom is 0.169 e. The van der Waals surface area contributed by atoms with E-state index in [0.29, 0.717) is 6.61 Å². The number of ether oxygens (including phenoxy) is 2. The van der Waals surface area contributed by atoms with E-state index < -0.39 is 5.60 Å². The summed E-state index contributed by atoms with van der Waals surface area (Å²) in [7, 11) is 0. The van der Waals surface area contributed by atoms with Crippen molar-refractivity contribution in [2.45, 2.75) is 50.4 Å². The Hall–Kier alpha value is -0.120.